The molecule has 0 aromatic heterocycles. The van der Waals surface area contributed by atoms with Crippen LogP contribution in [0.1, 0.15) is 37.8 Å². The summed E-state index contributed by atoms with van der Waals surface area (Å²) in [4.78, 5) is 4.57. The lowest BCUT2D eigenvalue weighted by Gasteiger charge is -2.19. The minimum Gasteiger partial charge on any atom is -0.490 e. The van der Waals surface area contributed by atoms with Crippen molar-refractivity contribution in [2.45, 2.75) is 45.9 Å². The van der Waals surface area contributed by atoms with Crippen molar-refractivity contribution in [1.29, 1.82) is 0 Å². The Labute approximate surface area is 193 Å². The van der Waals surface area contributed by atoms with E-state index in [1.54, 1.807) is 0 Å². The van der Waals surface area contributed by atoms with E-state index in [4.69, 9.17) is 9.47 Å². The fraction of sp³-hybridized carbons (Fsp3) is 0.320. The molecule has 0 saturated heterocycles. The summed E-state index contributed by atoms with van der Waals surface area (Å²) in [5.41, 5.74) is 3.20. The Balaban J connectivity index is 1.78. The molecular formula is C25H30BrN3O2. The van der Waals surface area contributed by atoms with Crippen molar-refractivity contribution >= 4 is 22.1 Å². The van der Waals surface area contributed by atoms with Gasteiger partial charge in [0.2, 0.25) is 0 Å². The standard InChI is InChI=1S/C25H30BrN3O2/c1-4-18(2)31-24-13-11-22(30-17-19-8-6-5-7-9-19)14-20(24)15-28-25-23(27-3)12-10-21(26)16-29-25/h5-11,13-14,16,18,27-28H,4,12,15,17H2,1-3H3. The summed E-state index contributed by atoms with van der Waals surface area (Å²) in [5, 5.41) is 6.70. The fourth-order valence-corrected chi connectivity index (χ4v) is 3.31. The summed E-state index contributed by atoms with van der Waals surface area (Å²) >= 11 is 3.50. The maximum Gasteiger partial charge on any atom is 0.145 e. The molecule has 164 valence electrons. The van der Waals surface area contributed by atoms with Crippen LogP contribution in [-0.2, 0) is 13.2 Å². The molecule has 0 radical (unpaired) electrons. The molecule has 1 aliphatic heterocycles. The molecule has 0 fully saturated rings. The van der Waals surface area contributed by atoms with Crippen LogP contribution >= 0.6 is 15.9 Å². The lowest BCUT2D eigenvalue weighted by atomic mass is 10.1. The molecule has 0 bridgehead atoms. The Morgan fingerprint density at radius 2 is 1.97 bits per heavy atom. The van der Waals surface area contributed by atoms with Gasteiger partial charge >= 0.3 is 0 Å². The molecule has 3 rings (SSSR count). The molecular weight excluding hydrogens is 454 g/mol. The molecule has 0 spiro atoms. The maximum atomic E-state index is 6.16. The van der Waals surface area contributed by atoms with Crippen LogP contribution in [0.2, 0.25) is 0 Å². The van der Waals surface area contributed by atoms with Gasteiger partial charge < -0.3 is 20.1 Å². The van der Waals surface area contributed by atoms with Gasteiger partial charge in [0.25, 0.3) is 0 Å². The Morgan fingerprint density at radius 3 is 2.71 bits per heavy atom. The van der Waals surface area contributed by atoms with Crippen molar-refractivity contribution in [3.05, 3.63) is 81.7 Å². The normalized spacial score (nSPS) is 14.5. The first-order valence-corrected chi connectivity index (χ1v) is 11.4. The Hall–Kier alpha value is -2.73. The first-order valence-electron chi connectivity index (χ1n) is 10.6. The van der Waals surface area contributed by atoms with Crippen LogP contribution in [0.25, 0.3) is 0 Å². The van der Waals surface area contributed by atoms with Gasteiger partial charge in [0.1, 0.15) is 23.9 Å². The van der Waals surface area contributed by atoms with Crippen LogP contribution in [0.4, 0.5) is 0 Å². The zero-order valence-electron chi connectivity index (χ0n) is 18.3. The summed E-state index contributed by atoms with van der Waals surface area (Å²) in [6, 6.07) is 16.2. The van der Waals surface area contributed by atoms with Gasteiger partial charge in [-0.25, -0.2) is 4.99 Å². The number of rotatable bonds is 10. The van der Waals surface area contributed by atoms with Crippen LogP contribution in [-0.4, -0.2) is 19.4 Å². The van der Waals surface area contributed by atoms with Crippen molar-refractivity contribution in [2.75, 3.05) is 7.05 Å². The first-order chi connectivity index (χ1) is 15.1. The molecule has 31 heavy (non-hydrogen) atoms. The second-order valence-electron chi connectivity index (χ2n) is 7.36. The van der Waals surface area contributed by atoms with Gasteiger partial charge in [-0.15, -0.1) is 0 Å². The van der Waals surface area contributed by atoms with Gasteiger partial charge in [0.05, 0.1) is 11.8 Å². The zero-order chi connectivity index (χ0) is 22.1. The first kappa shape index (κ1) is 22.9. The summed E-state index contributed by atoms with van der Waals surface area (Å²) in [6.45, 7) is 5.30. The number of benzene rings is 2. The Morgan fingerprint density at radius 1 is 1.16 bits per heavy atom. The predicted molar refractivity (Wildman–Crippen MR) is 131 cm³/mol. The molecule has 0 aliphatic carbocycles. The molecule has 0 saturated carbocycles. The molecule has 2 aromatic carbocycles. The van der Waals surface area contributed by atoms with Crippen LogP contribution in [0.15, 0.2) is 75.6 Å². The number of hydrogen-bond acceptors (Lipinski definition) is 5. The highest BCUT2D eigenvalue weighted by atomic mass is 79.9. The Kier molecular flexibility index (Phi) is 8.59. The van der Waals surface area contributed by atoms with Crippen LogP contribution in [0.3, 0.4) is 0 Å². The van der Waals surface area contributed by atoms with E-state index >= 15 is 0 Å². The van der Waals surface area contributed by atoms with Gasteiger partial charge in [0, 0.05) is 36.3 Å². The third-order valence-electron chi connectivity index (χ3n) is 5.04. The highest BCUT2D eigenvalue weighted by Crippen LogP contribution is 2.27. The van der Waals surface area contributed by atoms with E-state index < -0.39 is 0 Å². The van der Waals surface area contributed by atoms with Crippen molar-refractivity contribution < 1.29 is 9.47 Å². The molecule has 0 amide bonds. The lowest BCUT2D eigenvalue weighted by molar-refractivity contribution is 0.214. The van der Waals surface area contributed by atoms with E-state index in [1.807, 2.05) is 49.7 Å². The van der Waals surface area contributed by atoms with Crippen molar-refractivity contribution in [3.8, 4) is 11.5 Å². The smallest absolute Gasteiger partial charge is 0.145 e. The lowest BCUT2D eigenvalue weighted by Crippen LogP contribution is -2.20. The highest BCUT2D eigenvalue weighted by molar-refractivity contribution is 9.12. The summed E-state index contributed by atoms with van der Waals surface area (Å²) in [6.07, 6.45) is 5.74. The highest BCUT2D eigenvalue weighted by Gasteiger charge is 2.12. The number of hydrogen-bond donors (Lipinski definition) is 2. The molecule has 2 N–H and O–H groups in total. The number of nitrogens with zero attached hydrogens (tertiary/aromatic N) is 1. The molecule has 1 atom stereocenters. The SMILES string of the molecule is CCC(C)Oc1ccc(OCc2ccccc2)cc1CNC1=C(NC)CC=C(Br)C=N1. The Bertz CT molecular complexity index is 954. The third kappa shape index (κ3) is 6.89. The second-order valence-corrected chi connectivity index (χ2v) is 8.28. The van der Waals surface area contributed by atoms with E-state index in [0.717, 1.165) is 51.5 Å². The minimum atomic E-state index is 0.137. The second kappa shape index (κ2) is 11.6. The number of halogens is 1. The topological polar surface area (TPSA) is 54.9 Å². The predicted octanol–water partition coefficient (Wildman–Crippen LogP) is 5.67. The molecule has 1 unspecified atom stereocenters. The summed E-state index contributed by atoms with van der Waals surface area (Å²) in [5.74, 6) is 2.49. The van der Waals surface area contributed by atoms with E-state index in [-0.39, 0.29) is 6.10 Å². The van der Waals surface area contributed by atoms with Gasteiger partial charge in [-0.05, 0) is 53.0 Å². The number of nitrogens with one attached hydrogen (secondary N) is 2. The maximum absolute atomic E-state index is 6.16. The average molecular weight is 484 g/mol. The average Bonchev–Trinajstić information content (AvgIpc) is 2.98. The monoisotopic (exact) mass is 483 g/mol. The molecule has 5 nitrogen and oxygen atoms in total. The third-order valence-corrected chi connectivity index (χ3v) is 5.56. The van der Waals surface area contributed by atoms with E-state index in [9.17, 15) is 0 Å². The zero-order valence-corrected chi connectivity index (χ0v) is 19.9. The van der Waals surface area contributed by atoms with Crippen LogP contribution in [0.5, 0.6) is 11.5 Å². The molecule has 2 aromatic rings. The van der Waals surface area contributed by atoms with Crippen molar-refractivity contribution in [2.24, 2.45) is 4.99 Å². The number of allylic oxidation sites excluding steroid dienone is 2. The van der Waals surface area contributed by atoms with E-state index in [0.29, 0.717) is 13.2 Å². The van der Waals surface area contributed by atoms with Gasteiger partial charge in [-0.3, -0.25) is 0 Å². The van der Waals surface area contributed by atoms with Crippen LogP contribution < -0.4 is 20.1 Å². The molecule has 1 heterocycles. The number of ether oxygens (including phenoxy) is 2. The van der Waals surface area contributed by atoms with Crippen molar-refractivity contribution in [3.63, 3.8) is 0 Å². The van der Waals surface area contributed by atoms with Gasteiger partial charge in [-0.1, -0.05) is 43.3 Å². The van der Waals surface area contributed by atoms with Gasteiger partial charge in [0.15, 0.2) is 0 Å². The summed E-state index contributed by atoms with van der Waals surface area (Å²) in [7, 11) is 1.91. The van der Waals surface area contributed by atoms with E-state index in [2.05, 4.69) is 63.6 Å². The number of aliphatic imine (C=N–C) groups is 1. The molecule has 6 heteroatoms. The quantitative estimate of drug-likeness (QED) is 0.456. The van der Waals surface area contributed by atoms with Crippen LogP contribution in [0, 0.1) is 0 Å². The van der Waals surface area contributed by atoms with Gasteiger partial charge in [-0.2, -0.15) is 0 Å². The fourth-order valence-electron chi connectivity index (χ4n) is 3.04. The van der Waals surface area contributed by atoms with E-state index in [1.165, 1.54) is 0 Å². The van der Waals surface area contributed by atoms with Crippen molar-refractivity contribution in [1.82, 2.24) is 10.6 Å². The summed E-state index contributed by atoms with van der Waals surface area (Å²) < 4.78 is 13.2. The largest absolute Gasteiger partial charge is 0.490 e. The molecule has 1 aliphatic rings. The minimum absolute atomic E-state index is 0.137.